The van der Waals surface area contributed by atoms with Crippen molar-refractivity contribution in [2.45, 2.75) is 0 Å². The van der Waals surface area contributed by atoms with Crippen LogP contribution in [0, 0.1) is 10.8 Å². The van der Waals surface area contributed by atoms with Gasteiger partial charge in [0.2, 0.25) is 0 Å². The van der Waals surface area contributed by atoms with Crippen LogP contribution in [-0.2, 0) is 0 Å². The van der Waals surface area contributed by atoms with Crippen LogP contribution in [-0.4, -0.2) is 36.6 Å². The van der Waals surface area contributed by atoms with Gasteiger partial charge in [-0.2, -0.15) is 0 Å². The summed E-state index contributed by atoms with van der Waals surface area (Å²) in [6.07, 6.45) is 2.38. The van der Waals surface area contributed by atoms with Gasteiger partial charge in [-0.25, -0.2) is 9.97 Å². The van der Waals surface area contributed by atoms with Gasteiger partial charge in [-0.05, 0) is 18.2 Å². The maximum Gasteiger partial charge on any atom is 0.164 e. The number of hydrogen-bond donors (Lipinski definition) is 5. The summed E-state index contributed by atoms with van der Waals surface area (Å²) >= 11 is 0. The molecule has 0 aliphatic heterocycles. The molecular formula is C20H21N7O. The fraction of sp³-hybridized carbons (Fsp3) is 0.100. The Hall–Kier alpha value is -3.94. The van der Waals surface area contributed by atoms with E-state index < -0.39 is 0 Å². The Morgan fingerprint density at radius 1 is 1.00 bits per heavy atom. The number of benzene rings is 2. The standard InChI is InChI=1S/C20H21N7O/c1-24-18-16(11-22)20(25-12-5-3-6-13(9-12)28-2)27-19(26-18)14-7-4-8-17(23)15(14)10-21/h3-11,21-22H,23H2,1-2H3,(H2,24,25,26,27). The topological polar surface area (TPSA) is 133 Å². The first-order chi connectivity index (χ1) is 13.6. The van der Waals surface area contributed by atoms with Crippen LogP contribution < -0.4 is 21.1 Å². The van der Waals surface area contributed by atoms with Crippen molar-refractivity contribution in [1.29, 1.82) is 10.8 Å². The lowest BCUT2D eigenvalue weighted by molar-refractivity contribution is 0.415. The largest absolute Gasteiger partial charge is 0.497 e. The van der Waals surface area contributed by atoms with Gasteiger partial charge in [-0.1, -0.05) is 18.2 Å². The van der Waals surface area contributed by atoms with E-state index in [2.05, 4.69) is 20.6 Å². The normalized spacial score (nSPS) is 10.2. The molecule has 0 amide bonds. The van der Waals surface area contributed by atoms with Gasteiger partial charge in [0.1, 0.15) is 17.4 Å². The van der Waals surface area contributed by atoms with E-state index in [9.17, 15) is 0 Å². The second kappa shape index (κ2) is 8.17. The van der Waals surface area contributed by atoms with Crippen LogP contribution in [0.1, 0.15) is 11.1 Å². The highest BCUT2D eigenvalue weighted by molar-refractivity contribution is 5.96. The molecule has 8 heteroatoms. The fourth-order valence-electron chi connectivity index (χ4n) is 2.79. The molecule has 0 radical (unpaired) electrons. The third-order valence-corrected chi connectivity index (χ3v) is 4.18. The Labute approximate surface area is 162 Å². The lowest BCUT2D eigenvalue weighted by Gasteiger charge is -2.15. The number of aromatic nitrogens is 2. The molecule has 0 unspecified atom stereocenters. The Morgan fingerprint density at radius 2 is 1.71 bits per heavy atom. The number of nitrogens with zero attached hydrogens (tertiary/aromatic N) is 2. The van der Waals surface area contributed by atoms with Gasteiger partial charge in [0, 0.05) is 48.0 Å². The van der Waals surface area contributed by atoms with E-state index >= 15 is 0 Å². The molecule has 0 aliphatic rings. The van der Waals surface area contributed by atoms with Crippen molar-refractivity contribution in [3.63, 3.8) is 0 Å². The van der Waals surface area contributed by atoms with Crippen LogP contribution in [0.25, 0.3) is 11.4 Å². The third-order valence-electron chi connectivity index (χ3n) is 4.18. The summed E-state index contributed by atoms with van der Waals surface area (Å²) in [5.74, 6) is 2.04. The summed E-state index contributed by atoms with van der Waals surface area (Å²) in [6, 6.07) is 12.7. The molecule has 2 aromatic carbocycles. The van der Waals surface area contributed by atoms with Gasteiger partial charge in [0.05, 0.1) is 12.7 Å². The molecule has 3 aromatic rings. The molecular weight excluding hydrogens is 354 g/mol. The second-order valence-electron chi connectivity index (χ2n) is 5.86. The number of hydrogen-bond acceptors (Lipinski definition) is 8. The number of methoxy groups -OCH3 is 1. The van der Waals surface area contributed by atoms with Crippen molar-refractivity contribution in [3.05, 3.63) is 53.6 Å². The molecule has 6 N–H and O–H groups in total. The summed E-state index contributed by atoms with van der Waals surface area (Å²) < 4.78 is 5.26. The van der Waals surface area contributed by atoms with Gasteiger partial charge in [-0.15, -0.1) is 0 Å². The predicted molar refractivity (Wildman–Crippen MR) is 113 cm³/mol. The molecule has 0 atom stereocenters. The predicted octanol–water partition coefficient (Wildman–Crippen LogP) is 3.52. The van der Waals surface area contributed by atoms with E-state index in [4.69, 9.17) is 21.3 Å². The van der Waals surface area contributed by atoms with Crippen molar-refractivity contribution < 1.29 is 4.74 Å². The zero-order valence-corrected chi connectivity index (χ0v) is 15.6. The third kappa shape index (κ3) is 3.61. The van der Waals surface area contributed by atoms with E-state index in [1.165, 1.54) is 12.4 Å². The molecule has 8 nitrogen and oxygen atoms in total. The van der Waals surface area contributed by atoms with E-state index in [1.54, 1.807) is 26.3 Å². The summed E-state index contributed by atoms with van der Waals surface area (Å²) in [7, 11) is 3.33. The number of nitrogens with one attached hydrogen (secondary N) is 4. The Morgan fingerprint density at radius 3 is 2.39 bits per heavy atom. The molecule has 0 bridgehead atoms. The molecule has 1 heterocycles. The Kier molecular flexibility index (Phi) is 5.50. The second-order valence-corrected chi connectivity index (χ2v) is 5.86. The Balaban J connectivity index is 2.16. The number of anilines is 4. The molecule has 0 saturated heterocycles. The highest BCUT2D eigenvalue weighted by Gasteiger charge is 2.16. The minimum Gasteiger partial charge on any atom is -0.497 e. The first-order valence-corrected chi connectivity index (χ1v) is 8.52. The quantitative estimate of drug-likeness (QED) is 0.317. The van der Waals surface area contributed by atoms with Crippen LogP contribution >= 0.6 is 0 Å². The van der Waals surface area contributed by atoms with Gasteiger partial charge >= 0.3 is 0 Å². The molecule has 28 heavy (non-hydrogen) atoms. The lowest BCUT2D eigenvalue weighted by Crippen LogP contribution is -2.08. The zero-order chi connectivity index (χ0) is 20.1. The van der Waals surface area contributed by atoms with Crippen LogP contribution in [0.5, 0.6) is 5.75 Å². The average molecular weight is 375 g/mol. The maximum absolute atomic E-state index is 7.79. The SMILES string of the molecule is CNc1nc(-c2cccc(N)c2C=N)nc(Nc2cccc(OC)c2)c1C=N. The average Bonchev–Trinajstić information content (AvgIpc) is 2.73. The van der Waals surface area contributed by atoms with E-state index in [-0.39, 0.29) is 0 Å². The smallest absolute Gasteiger partial charge is 0.164 e. The molecule has 0 fully saturated rings. The molecule has 1 aromatic heterocycles. The molecule has 3 rings (SSSR count). The number of nitrogen functional groups attached to an aromatic ring is 1. The molecule has 0 aliphatic carbocycles. The van der Waals surface area contributed by atoms with Crippen LogP contribution in [0.15, 0.2) is 42.5 Å². The Bertz CT molecular complexity index is 1030. The lowest BCUT2D eigenvalue weighted by atomic mass is 10.1. The molecule has 142 valence electrons. The maximum atomic E-state index is 7.79. The fourth-order valence-corrected chi connectivity index (χ4v) is 2.79. The summed E-state index contributed by atoms with van der Waals surface area (Å²) in [4.78, 5) is 9.13. The highest BCUT2D eigenvalue weighted by Crippen LogP contribution is 2.30. The minimum absolute atomic E-state index is 0.395. The zero-order valence-electron chi connectivity index (χ0n) is 15.6. The molecule has 0 spiro atoms. The monoisotopic (exact) mass is 375 g/mol. The van der Waals surface area contributed by atoms with Crippen LogP contribution in [0.4, 0.5) is 23.0 Å². The minimum atomic E-state index is 0.395. The first kappa shape index (κ1) is 18.8. The van der Waals surface area contributed by atoms with E-state index in [1.807, 2.05) is 30.3 Å². The van der Waals surface area contributed by atoms with Gasteiger partial charge in [0.15, 0.2) is 5.82 Å². The van der Waals surface area contributed by atoms with Gasteiger partial charge in [0.25, 0.3) is 0 Å². The van der Waals surface area contributed by atoms with Crippen molar-refractivity contribution >= 4 is 35.4 Å². The summed E-state index contributed by atoms with van der Waals surface area (Å²) in [6.45, 7) is 0. The van der Waals surface area contributed by atoms with Crippen LogP contribution in [0.3, 0.4) is 0 Å². The van der Waals surface area contributed by atoms with E-state index in [0.29, 0.717) is 45.6 Å². The van der Waals surface area contributed by atoms with Crippen molar-refractivity contribution in [1.82, 2.24) is 9.97 Å². The summed E-state index contributed by atoms with van der Waals surface area (Å²) in [5, 5.41) is 21.7. The number of ether oxygens (including phenoxy) is 1. The highest BCUT2D eigenvalue weighted by atomic mass is 16.5. The van der Waals surface area contributed by atoms with Crippen molar-refractivity contribution in [2.75, 3.05) is 30.5 Å². The van der Waals surface area contributed by atoms with Gasteiger partial charge in [-0.3, -0.25) is 0 Å². The van der Waals surface area contributed by atoms with Gasteiger partial charge < -0.3 is 31.9 Å². The van der Waals surface area contributed by atoms with E-state index in [0.717, 1.165) is 5.69 Å². The van der Waals surface area contributed by atoms with Crippen molar-refractivity contribution in [2.24, 2.45) is 0 Å². The van der Waals surface area contributed by atoms with Crippen LogP contribution in [0.2, 0.25) is 0 Å². The summed E-state index contributed by atoms with van der Waals surface area (Å²) in [5.41, 5.74) is 8.92. The molecule has 0 saturated carbocycles. The number of nitrogens with two attached hydrogens (primary N) is 1. The first-order valence-electron chi connectivity index (χ1n) is 8.52. The van der Waals surface area contributed by atoms with Crippen molar-refractivity contribution in [3.8, 4) is 17.1 Å². The number of rotatable bonds is 7.